The molecule has 0 bridgehead atoms. The van der Waals surface area contributed by atoms with E-state index in [9.17, 15) is 31.1 Å². The van der Waals surface area contributed by atoms with E-state index in [4.69, 9.17) is 0 Å². The van der Waals surface area contributed by atoms with E-state index in [-0.39, 0.29) is 18.2 Å². The van der Waals surface area contributed by atoms with Crippen LogP contribution in [0.2, 0.25) is 0 Å². The van der Waals surface area contributed by atoms with E-state index < -0.39 is 35.6 Å². The molecule has 0 radical (unpaired) electrons. The van der Waals surface area contributed by atoms with E-state index in [2.05, 4.69) is 10.1 Å². The summed E-state index contributed by atoms with van der Waals surface area (Å²) in [6.07, 6.45) is -10.7. The molecular formula is C11H7F6NO2. The number of halogens is 6. The van der Waals surface area contributed by atoms with Crippen LogP contribution in [0.3, 0.4) is 0 Å². The normalized spacial score (nSPS) is 19.7. The van der Waals surface area contributed by atoms with E-state index in [1.807, 2.05) is 0 Å². The van der Waals surface area contributed by atoms with Crippen molar-refractivity contribution in [3.63, 3.8) is 0 Å². The average Bonchev–Trinajstić information content (AvgIpc) is 2.73. The van der Waals surface area contributed by atoms with Gasteiger partial charge >= 0.3 is 18.4 Å². The minimum atomic E-state index is -4.92. The number of alkyl carbamates (subject to hydrolysis) is 1. The van der Waals surface area contributed by atoms with Gasteiger partial charge in [-0.15, -0.1) is 0 Å². The molecule has 9 heteroatoms. The van der Waals surface area contributed by atoms with Crippen LogP contribution >= 0.6 is 0 Å². The molecule has 1 aliphatic rings. The van der Waals surface area contributed by atoms with E-state index in [0.717, 1.165) is 0 Å². The first-order chi connectivity index (χ1) is 9.07. The highest BCUT2D eigenvalue weighted by Gasteiger charge is 2.38. The van der Waals surface area contributed by atoms with Crippen LogP contribution < -0.4 is 5.32 Å². The van der Waals surface area contributed by atoms with Crippen molar-refractivity contribution in [2.45, 2.75) is 18.4 Å². The lowest BCUT2D eigenvalue weighted by Gasteiger charge is -2.16. The van der Waals surface area contributed by atoms with Crippen LogP contribution in [0.5, 0.6) is 0 Å². The molecule has 1 heterocycles. The van der Waals surface area contributed by atoms with Gasteiger partial charge < -0.3 is 10.1 Å². The molecule has 20 heavy (non-hydrogen) atoms. The van der Waals surface area contributed by atoms with E-state index >= 15 is 0 Å². The minimum Gasteiger partial charge on any atom is -0.447 e. The summed E-state index contributed by atoms with van der Waals surface area (Å²) in [4.78, 5) is 10.8. The molecule has 1 unspecified atom stereocenters. The maximum Gasteiger partial charge on any atom is 0.416 e. The zero-order valence-electron chi connectivity index (χ0n) is 9.60. The maximum atomic E-state index is 12.6. The van der Waals surface area contributed by atoms with Gasteiger partial charge in [0.05, 0.1) is 17.2 Å². The Morgan fingerprint density at radius 2 is 1.50 bits per heavy atom. The SMILES string of the molecule is O=C1NC(c2cc(C(F)(F)F)cc(C(F)(F)F)c2)CO1. The molecule has 0 spiro atoms. The lowest BCUT2D eigenvalue weighted by molar-refractivity contribution is -0.143. The van der Waals surface area contributed by atoms with Crippen LogP contribution in [-0.2, 0) is 17.1 Å². The Balaban J connectivity index is 2.49. The highest BCUT2D eigenvalue weighted by Crippen LogP contribution is 2.37. The zero-order chi connectivity index (χ0) is 15.1. The van der Waals surface area contributed by atoms with E-state index in [1.54, 1.807) is 0 Å². The summed E-state index contributed by atoms with van der Waals surface area (Å²) in [5.74, 6) is 0. The summed E-state index contributed by atoms with van der Waals surface area (Å²) >= 11 is 0. The van der Waals surface area contributed by atoms with Crippen LogP contribution in [0.1, 0.15) is 22.7 Å². The topological polar surface area (TPSA) is 38.3 Å². The Hall–Kier alpha value is -1.93. The molecule has 1 aromatic carbocycles. The first-order valence-corrected chi connectivity index (χ1v) is 5.30. The second-order valence-corrected chi connectivity index (χ2v) is 4.13. The second kappa shape index (κ2) is 4.57. The predicted molar refractivity (Wildman–Crippen MR) is 53.7 cm³/mol. The summed E-state index contributed by atoms with van der Waals surface area (Å²) in [5.41, 5.74) is -3.16. The molecule has 1 N–H and O–H groups in total. The average molecular weight is 299 g/mol. The second-order valence-electron chi connectivity index (χ2n) is 4.13. The summed E-state index contributed by atoms with van der Waals surface area (Å²) in [6.45, 7) is -0.322. The van der Waals surface area contributed by atoms with Crippen molar-refractivity contribution in [3.05, 3.63) is 34.9 Å². The molecule has 1 aromatic rings. The van der Waals surface area contributed by atoms with E-state index in [1.165, 1.54) is 0 Å². The fraction of sp³-hybridized carbons (Fsp3) is 0.364. The lowest BCUT2D eigenvalue weighted by atomic mass is 10.0. The van der Waals surface area contributed by atoms with Crippen LogP contribution in [0, 0.1) is 0 Å². The highest BCUT2D eigenvalue weighted by molar-refractivity contribution is 5.70. The van der Waals surface area contributed by atoms with Gasteiger partial charge in [-0.25, -0.2) is 4.79 Å². The van der Waals surface area contributed by atoms with Crippen molar-refractivity contribution >= 4 is 6.09 Å². The third-order valence-corrected chi connectivity index (χ3v) is 2.69. The van der Waals surface area contributed by atoms with Gasteiger partial charge in [-0.3, -0.25) is 0 Å². The Morgan fingerprint density at radius 3 is 1.85 bits per heavy atom. The fourth-order valence-corrected chi connectivity index (χ4v) is 1.74. The molecule has 1 saturated heterocycles. The number of benzene rings is 1. The molecule has 0 aliphatic carbocycles. The van der Waals surface area contributed by atoms with Crippen LogP contribution in [0.4, 0.5) is 31.1 Å². The summed E-state index contributed by atoms with van der Waals surface area (Å²) in [5, 5.41) is 2.13. The zero-order valence-corrected chi connectivity index (χ0v) is 9.60. The molecule has 0 aromatic heterocycles. The van der Waals surface area contributed by atoms with Crippen molar-refractivity contribution in [2.24, 2.45) is 0 Å². The Labute approximate surface area is 108 Å². The standard InChI is InChI=1S/C11H7F6NO2/c12-10(13,14)6-1-5(8-4-20-9(19)18-8)2-7(3-6)11(15,16)17/h1-3,8H,4H2,(H,18,19). The van der Waals surface area contributed by atoms with E-state index in [0.29, 0.717) is 12.1 Å². The molecule has 1 amide bonds. The quantitative estimate of drug-likeness (QED) is 0.806. The van der Waals surface area contributed by atoms with Crippen molar-refractivity contribution in [1.29, 1.82) is 0 Å². The number of amides is 1. The van der Waals surface area contributed by atoms with Crippen molar-refractivity contribution in [3.8, 4) is 0 Å². The monoisotopic (exact) mass is 299 g/mol. The minimum absolute atomic E-state index is 0.0289. The molecule has 110 valence electrons. The summed E-state index contributed by atoms with van der Waals surface area (Å²) in [6, 6.07) is 0.121. The number of hydrogen-bond donors (Lipinski definition) is 1. The van der Waals surface area contributed by atoms with Crippen LogP contribution in [-0.4, -0.2) is 12.7 Å². The molecule has 1 fully saturated rings. The lowest BCUT2D eigenvalue weighted by Crippen LogP contribution is -2.20. The third-order valence-electron chi connectivity index (χ3n) is 2.69. The molecule has 3 nitrogen and oxygen atoms in total. The Bertz CT molecular complexity index is 504. The summed E-state index contributed by atoms with van der Waals surface area (Å²) in [7, 11) is 0. The number of ether oxygens (including phenoxy) is 1. The predicted octanol–water partition coefficient (Wildman–Crippen LogP) is 3.51. The van der Waals surface area contributed by atoms with Crippen molar-refractivity contribution < 1.29 is 35.9 Å². The molecule has 2 rings (SSSR count). The van der Waals surface area contributed by atoms with Crippen LogP contribution in [0.15, 0.2) is 18.2 Å². The Kier molecular flexibility index (Phi) is 3.31. The number of alkyl halides is 6. The molecule has 1 aliphatic heterocycles. The van der Waals surface area contributed by atoms with Gasteiger partial charge in [0.1, 0.15) is 6.61 Å². The molecule has 1 atom stereocenters. The van der Waals surface area contributed by atoms with Gasteiger partial charge in [-0.05, 0) is 23.8 Å². The number of cyclic esters (lactones) is 1. The van der Waals surface area contributed by atoms with Gasteiger partial charge in [0.15, 0.2) is 0 Å². The number of nitrogens with one attached hydrogen (secondary N) is 1. The van der Waals surface area contributed by atoms with Crippen molar-refractivity contribution in [2.75, 3.05) is 6.61 Å². The number of hydrogen-bond acceptors (Lipinski definition) is 2. The van der Waals surface area contributed by atoms with Crippen LogP contribution in [0.25, 0.3) is 0 Å². The third kappa shape index (κ3) is 2.97. The number of carbonyl (C=O) groups excluding carboxylic acids is 1. The van der Waals surface area contributed by atoms with Gasteiger partial charge in [-0.1, -0.05) is 0 Å². The van der Waals surface area contributed by atoms with Gasteiger partial charge in [0.25, 0.3) is 0 Å². The van der Waals surface area contributed by atoms with Gasteiger partial charge in [0.2, 0.25) is 0 Å². The number of rotatable bonds is 1. The maximum absolute atomic E-state index is 12.6. The first kappa shape index (κ1) is 14.5. The molecule has 0 saturated carbocycles. The van der Waals surface area contributed by atoms with Crippen molar-refractivity contribution in [1.82, 2.24) is 5.32 Å². The smallest absolute Gasteiger partial charge is 0.416 e. The van der Waals surface area contributed by atoms with Gasteiger partial charge in [0, 0.05) is 0 Å². The highest BCUT2D eigenvalue weighted by atomic mass is 19.4. The Morgan fingerprint density at radius 1 is 1.00 bits per heavy atom. The summed E-state index contributed by atoms with van der Waals surface area (Å²) < 4.78 is 80.1. The largest absolute Gasteiger partial charge is 0.447 e. The number of carbonyl (C=O) groups is 1. The fourth-order valence-electron chi connectivity index (χ4n) is 1.74. The molecular weight excluding hydrogens is 292 g/mol. The van der Waals surface area contributed by atoms with Gasteiger partial charge in [-0.2, -0.15) is 26.3 Å². The first-order valence-electron chi connectivity index (χ1n) is 5.30.